The Morgan fingerprint density at radius 3 is 2.54 bits per heavy atom. The van der Waals surface area contributed by atoms with E-state index in [1.807, 2.05) is 11.8 Å². The number of carbonyl (C=O) groups is 1. The molecule has 3 N–H and O–H groups in total. The number of benzene rings is 1. The second-order valence-corrected chi connectivity index (χ2v) is 6.05. The molecular weight excluding hydrogens is 325 g/mol. The van der Waals surface area contributed by atoms with Gasteiger partial charge in [0.25, 0.3) is 0 Å². The molecule has 1 fully saturated rings. The van der Waals surface area contributed by atoms with E-state index in [2.05, 4.69) is 5.32 Å². The summed E-state index contributed by atoms with van der Waals surface area (Å²) in [6, 6.07) is 3.34. The molecule has 0 bridgehead atoms. The van der Waals surface area contributed by atoms with Crippen molar-refractivity contribution in [3.05, 3.63) is 29.3 Å². The minimum absolute atomic E-state index is 0.00458. The van der Waals surface area contributed by atoms with E-state index in [-0.39, 0.29) is 25.2 Å². The topological polar surface area (TPSA) is 72.8 Å². The van der Waals surface area contributed by atoms with Gasteiger partial charge in [0.05, 0.1) is 12.1 Å². The molecule has 1 aromatic carbocycles. The maximum absolute atomic E-state index is 12.7. The van der Waals surface area contributed by atoms with Crippen molar-refractivity contribution in [3.63, 3.8) is 0 Å². The van der Waals surface area contributed by atoms with Crippen molar-refractivity contribution >= 4 is 5.97 Å². The van der Waals surface area contributed by atoms with E-state index in [4.69, 9.17) is 5.11 Å². The Kier molecular flexibility index (Phi) is 5.71. The van der Waals surface area contributed by atoms with Crippen molar-refractivity contribution < 1.29 is 28.2 Å². The van der Waals surface area contributed by atoms with Crippen LogP contribution in [0.5, 0.6) is 5.75 Å². The molecule has 0 aromatic heterocycles. The fraction of sp³-hybridized carbons (Fsp3) is 0.562. The Balaban J connectivity index is 1.86. The van der Waals surface area contributed by atoms with Crippen LogP contribution in [0, 0.1) is 0 Å². The smallest absolute Gasteiger partial charge is 0.416 e. The van der Waals surface area contributed by atoms with Crippen LogP contribution in [0.3, 0.4) is 0 Å². The lowest BCUT2D eigenvalue weighted by Gasteiger charge is -2.42. The molecule has 0 heterocycles. The minimum atomic E-state index is -4.49. The van der Waals surface area contributed by atoms with Gasteiger partial charge in [-0.15, -0.1) is 0 Å². The summed E-state index contributed by atoms with van der Waals surface area (Å²) in [5, 5.41) is 21.4. The third kappa shape index (κ3) is 4.85. The largest absolute Gasteiger partial charge is 0.508 e. The first-order valence-electron chi connectivity index (χ1n) is 7.78. The van der Waals surface area contributed by atoms with E-state index in [0.717, 1.165) is 18.9 Å². The maximum atomic E-state index is 12.7. The first-order chi connectivity index (χ1) is 11.2. The van der Waals surface area contributed by atoms with Gasteiger partial charge in [-0.3, -0.25) is 9.69 Å². The summed E-state index contributed by atoms with van der Waals surface area (Å²) in [6.07, 6.45) is -2.98. The zero-order valence-electron chi connectivity index (χ0n) is 13.3. The van der Waals surface area contributed by atoms with Crippen LogP contribution in [0.1, 0.15) is 30.9 Å². The van der Waals surface area contributed by atoms with Gasteiger partial charge in [0.2, 0.25) is 0 Å². The number of phenolic OH excluding ortho intramolecular Hbond substituents is 1. The van der Waals surface area contributed by atoms with Gasteiger partial charge >= 0.3 is 12.1 Å². The first-order valence-corrected chi connectivity index (χ1v) is 7.78. The molecule has 8 heteroatoms. The van der Waals surface area contributed by atoms with Crippen molar-refractivity contribution in [1.82, 2.24) is 10.2 Å². The molecule has 5 nitrogen and oxygen atoms in total. The van der Waals surface area contributed by atoms with Gasteiger partial charge in [0, 0.05) is 18.6 Å². The Labute approximate surface area is 138 Å². The maximum Gasteiger partial charge on any atom is 0.416 e. The van der Waals surface area contributed by atoms with Crippen molar-refractivity contribution in [2.45, 2.75) is 44.6 Å². The lowest BCUT2D eigenvalue weighted by atomic mass is 9.85. The molecule has 0 spiro atoms. The van der Waals surface area contributed by atoms with Crippen LogP contribution in [-0.2, 0) is 17.5 Å². The number of nitrogens with zero attached hydrogens (tertiary/aromatic N) is 1. The predicted octanol–water partition coefficient (Wildman–Crippen LogP) is 2.44. The Morgan fingerprint density at radius 1 is 1.33 bits per heavy atom. The van der Waals surface area contributed by atoms with Crippen LogP contribution in [0.2, 0.25) is 0 Å². The number of aliphatic carboxylic acids is 1. The predicted molar refractivity (Wildman–Crippen MR) is 81.6 cm³/mol. The van der Waals surface area contributed by atoms with Crippen molar-refractivity contribution in [3.8, 4) is 5.75 Å². The fourth-order valence-electron chi connectivity index (χ4n) is 2.93. The first kappa shape index (κ1) is 18.5. The minimum Gasteiger partial charge on any atom is -0.508 e. The number of halogens is 3. The molecule has 1 aliphatic rings. The van der Waals surface area contributed by atoms with Gasteiger partial charge in [0.15, 0.2) is 0 Å². The van der Waals surface area contributed by atoms with E-state index < -0.39 is 23.5 Å². The van der Waals surface area contributed by atoms with Gasteiger partial charge in [-0.2, -0.15) is 13.2 Å². The van der Waals surface area contributed by atoms with Crippen LogP contribution in [-0.4, -0.2) is 46.3 Å². The highest BCUT2D eigenvalue weighted by Crippen LogP contribution is 2.32. The van der Waals surface area contributed by atoms with E-state index in [9.17, 15) is 23.1 Å². The third-order valence-corrected chi connectivity index (χ3v) is 4.27. The van der Waals surface area contributed by atoms with Gasteiger partial charge in [-0.05, 0) is 43.1 Å². The van der Waals surface area contributed by atoms with Crippen LogP contribution in [0.25, 0.3) is 0 Å². The Hall–Kier alpha value is -1.80. The monoisotopic (exact) mass is 346 g/mol. The second-order valence-electron chi connectivity index (χ2n) is 6.05. The summed E-state index contributed by atoms with van der Waals surface area (Å²) < 4.78 is 38.2. The quantitative estimate of drug-likeness (QED) is 0.707. The summed E-state index contributed by atoms with van der Waals surface area (Å²) in [5.74, 6) is -1.28. The Morgan fingerprint density at radius 2 is 2.00 bits per heavy atom. The van der Waals surface area contributed by atoms with E-state index in [1.54, 1.807) is 0 Å². The highest BCUT2D eigenvalue weighted by molar-refractivity contribution is 5.69. The van der Waals surface area contributed by atoms with E-state index in [0.29, 0.717) is 18.2 Å². The van der Waals surface area contributed by atoms with Gasteiger partial charge in [-0.25, -0.2) is 0 Å². The van der Waals surface area contributed by atoms with Crippen molar-refractivity contribution in [2.24, 2.45) is 0 Å². The van der Waals surface area contributed by atoms with Crippen molar-refractivity contribution in [2.75, 3.05) is 13.1 Å². The highest BCUT2D eigenvalue weighted by atomic mass is 19.4. The molecule has 134 valence electrons. The van der Waals surface area contributed by atoms with E-state index in [1.165, 1.54) is 6.07 Å². The SMILES string of the molecule is CCN(CC(=O)O)C1CC(NCc2cc(O)cc(C(F)(F)F)c2)C1. The zero-order valence-corrected chi connectivity index (χ0v) is 13.3. The molecule has 1 aromatic rings. The van der Waals surface area contributed by atoms with Crippen LogP contribution < -0.4 is 5.32 Å². The molecule has 0 saturated heterocycles. The number of hydrogen-bond donors (Lipinski definition) is 3. The van der Waals surface area contributed by atoms with Crippen LogP contribution >= 0.6 is 0 Å². The molecule has 1 saturated carbocycles. The fourth-order valence-corrected chi connectivity index (χ4v) is 2.93. The summed E-state index contributed by atoms with van der Waals surface area (Å²) >= 11 is 0. The molecule has 24 heavy (non-hydrogen) atoms. The number of alkyl halides is 3. The standard InChI is InChI=1S/C16H21F3N2O3/c1-2-21(9-15(23)24)13-6-12(7-13)20-8-10-3-11(16(17,18)19)5-14(22)4-10/h3-5,12-13,20,22H,2,6-9H2,1H3,(H,23,24). The van der Waals surface area contributed by atoms with E-state index >= 15 is 0 Å². The number of likely N-dealkylation sites (N-methyl/N-ethyl adjacent to an activating group) is 1. The number of phenols is 1. The van der Waals surface area contributed by atoms with Gasteiger partial charge < -0.3 is 15.5 Å². The number of rotatable bonds is 7. The molecule has 0 aliphatic heterocycles. The second kappa shape index (κ2) is 7.40. The number of hydrogen-bond acceptors (Lipinski definition) is 4. The summed E-state index contributed by atoms with van der Waals surface area (Å²) in [7, 11) is 0. The molecule has 0 unspecified atom stereocenters. The third-order valence-electron chi connectivity index (χ3n) is 4.27. The lowest BCUT2D eigenvalue weighted by molar-refractivity contribution is -0.139. The summed E-state index contributed by atoms with van der Waals surface area (Å²) in [5.41, 5.74) is -0.506. The van der Waals surface area contributed by atoms with Gasteiger partial charge in [0.1, 0.15) is 5.75 Å². The Bertz CT molecular complexity index is 586. The molecule has 0 amide bonds. The number of carboxylic acid groups (broad SMARTS) is 1. The summed E-state index contributed by atoms with van der Waals surface area (Å²) in [6.45, 7) is 2.76. The number of nitrogens with one attached hydrogen (secondary N) is 1. The van der Waals surface area contributed by atoms with Gasteiger partial charge in [-0.1, -0.05) is 6.92 Å². The normalized spacial score (nSPS) is 20.9. The molecule has 0 atom stereocenters. The van der Waals surface area contributed by atoms with Crippen LogP contribution in [0.15, 0.2) is 18.2 Å². The summed E-state index contributed by atoms with van der Waals surface area (Å²) in [4.78, 5) is 12.6. The molecular formula is C16H21F3N2O3. The molecule has 1 aliphatic carbocycles. The number of carboxylic acids is 1. The average molecular weight is 346 g/mol. The molecule has 2 rings (SSSR count). The van der Waals surface area contributed by atoms with Crippen molar-refractivity contribution in [1.29, 1.82) is 0 Å². The lowest BCUT2D eigenvalue weighted by Crippen LogP contribution is -2.53. The number of aromatic hydroxyl groups is 1. The molecule has 0 radical (unpaired) electrons. The highest BCUT2D eigenvalue weighted by Gasteiger charge is 2.34. The van der Waals surface area contributed by atoms with Crippen LogP contribution in [0.4, 0.5) is 13.2 Å². The average Bonchev–Trinajstić information content (AvgIpc) is 2.42. The zero-order chi connectivity index (χ0) is 17.9.